The average molecular weight is 278 g/mol. The number of carbonyl (C=O) groups excluding carboxylic acids is 1. The van der Waals surface area contributed by atoms with E-state index in [-0.39, 0.29) is 12.0 Å². The zero-order valence-corrected chi connectivity index (χ0v) is 11.8. The molecule has 0 radical (unpaired) electrons. The first-order chi connectivity index (χ1) is 9.68. The van der Waals surface area contributed by atoms with Crippen LogP contribution in [0.2, 0.25) is 0 Å². The molecule has 1 saturated heterocycles. The van der Waals surface area contributed by atoms with Crippen molar-refractivity contribution in [1.29, 1.82) is 0 Å². The van der Waals surface area contributed by atoms with Crippen molar-refractivity contribution in [3.63, 3.8) is 0 Å². The number of aromatic nitrogens is 1. The molecule has 1 aromatic heterocycles. The highest BCUT2D eigenvalue weighted by Gasteiger charge is 2.22. The van der Waals surface area contributed by atoms with E-state index in [1.165, 1.54) is 0 Å². The molecule has 20 heavy (non-hydrogen) atoms. The molecule has 1 aliphatic heterocycles. The highest BCUT2D eigenvalue weighted by molar-refractivity contribution is 5.80. The molecule has 2 heterocycles. The van der Waals surface area contributed by atoms with Gasteiger partial charge < -0.3 is 21.1 Å². The number of nitrogens with zero attached hydrogens (tertiary/aromatic N) is 1. The maximum atomic E-state index is 11.7. The van der Waals surface area contributed by atoms with Gasteiger partial charge >= 0.3 is 0 Å². The number of pyridine rings is 1. The van der Waals surface area contributed by atoms with Gasteiger partial charge in [-0.15, -0.1) is 0 Å². The van der Waals surface area contributed by atoms with Crippen LogP contribution in [0, 0.1) is 6.92 Å². The summed E-state index contributed by atoms with van der Waals surface area (Å²) in [6, 6.07) is 1.88. The van der Waals surface area contributed by atoms with E-state index in [2.05, 4.69) is 15.6 Å². The summed E-state index contributed by atoms with van der Waals surface area (Å²) in [4.78, 5) is 15.9. The van der Waals surface area contributed by atoms with Gasteiger partial charge in [-0.1, -0.05) is 0 Å². The lowest BCUT2D eigenvalue weighted by atomic mass is 10.2. The maximum absolute atomic E-state index is 11.7. The Kier molecular flexibility index (Phi) is 5.17. The molecule has 1 amide bonds. The molecule has 0 saturated carbocycles. The van der Waals surface area contributed by atoms with Crippen molar-refractivity contribution >= 4 is 17.4 Å². The number of hydrogen-bond acceptors (Lipinski definition) is 5. The Labute approximate surface area is 119 Å². The third-order valence-electron chi connectivity index (χ3n) is 3.38. The number of nitrogens with two attached hydrogens (primary N) is 1. The van der Waals surface area contributed by atoms with Crippen LogP contribution in [0.5, 0.6) is 0 Å². The fraction of sp³-hybridized carbons (Fsp3) is 0.571. The lowest BCUT2D eigenvalue weighted by Gasteiger charge is -2.12. The van der Waals surface area contributed by atoms with Gasteiger partial charge in [-0.25, -0.2) is 4.98 Å². The normalized spacial score (nSPS) is 17.9. The summed E-state index contributed by atoms with van der Waals surface area (Å²) in [5, 5.41) is 6.06. The van der Waals surface area contributed by atoms with Crippen molar-refractivity contribution in [2.24, 2.45) is 0 Å². The Balaban J connectivity index is 1.64. The number of nitrogens with one attached hydrogen (secondary N) is 2. The fourth-order valence-electron chi connectivity index (χ4n) is 2.12. The Hall–Kier alpha value is -1.82. The van der Waals surface area contributed by atoms with Crippen LogP contribution in [-0.2, 0) is 9.53 Å². The minimum Gasteiger partial charge on any atom is -0.396 e. The van der Waals surface area contributed by atoms with Gasteiger partial charge in [-0.3, -0.25) is 4.79 Å². The first-order valence-corrected chi connectivity index (χ1v) is 7.03. The molecule has 6 nitrogen and oxygen atoms in total. The van der Waals surface area contributed by atoms with Gasteiger partial charge in [0.25, 0.3) is 0 Å². The van der Waals surface area contributed by atoms with Gasteiger partial charge in [0, 0.05) is 25.9 Å². The summed E-state index contributed by atoms with van der Waals surface area (Å²) in [7, 11) is 0. The van der Waals surface area contributed by atoms with Crippen LogP contribution in [0.4, 0.5) is 11.5 Å². The first-order valence-electron chi connectivity index (χ1n) is 7.03. The fourth-order valence-corrected chi connectivity index (χ4v) is 2.12. The Bertz CT molecular complexity index is 458. The lowest BCUT2D eigenvalue weighted by molar-refractivity contribution is -0.130. The molecule has 0 aliphatic carbocycles. The highest BCUT2D eigenvalue weighted by Crippen LogP contribution is 2.18. The Morgan fingerprint density at radius 2 is 2.40 bits per heavy atom. The molecule has 0 bridgehead atoms. The Morgan fingerprint density at radius 1 is 1.55 bits per heavy atom. The molecule has 1 aromatic rings. The van der Waals surface area contributed by atoms with Crippen molar-refractivity contribution in [3.05, 3.63) is 17.8 Å². The number of nitrogen functional groups attached to an aromatic ring is 1. The third kappa shape index (κ3) is 3.84. The van der Waals surface area contributed by atoms with Crippen LogP contribution in [-0.4, -0.2) is 36.7 Å². The predicted octanol–water partition coefficient (Wildman–Crippen LogP) is 1.07. The van der Waals surface area contributed by atoms with E-state index >= 15 is 0 Å². The second kappa shape index (κ2) is 7.09. The molecule has 4 N–H and O–H groups in total. The van der Waals surface area contributed by atoms with Gasteiger partial charge in [0.15, 0.2) is 0 Å². The molecule has 1 unspecified atom stereocenters. The van der Waals surface area contributed by atoms with Gasteiger partial charge in [0.05, 0.1) is 5.69 Å². The first kappa shape index (κ1) is 14.6. The van der Waals surface area contributed by atoms with Crippen LogP contribution in [0.25, 0.3) is 0 Å². The second-order valence-corrected chi connectivity index (χ2v) is 4.96. The second-order valence-electron chi connectivity index (χ2n) is 4.96. The molecule has 1 fully saturated rings. The van der Waals surface area contributed by atoms with Crippen LogP contribution in [0.15, 0.2) is 12.3 Å². The monoisotopic (exact) mass is 278 g/mol. The van der Waals surface area contributed by atoms with Crippen LogP contribution in [0.1, 0.15) is 24.8 Å². The highest BCUT2D eigenvalue weighted by atomic mass is 16.5. The van der Waals surface area contributed by atoms with E-state index < -0.39 is 0 Å². The molecule has 6 heteroatoms. The van der Waals surface area contributed by atoms with Gasteiger partial charge in [0.1, 0.15) is 11.9 Å². The maximum Gasteiger partial charge on any atom is 0.249 e. The number of hydrogen-bond donors (Lipinski definition) is 3. The topological polar surface area (TPSA) is 89.3 Å². The van der Waals surface area contributed by atoms with Crippen molar-refractivity contribution < 1.29 is 9.53 Å². The van der Waals surface area contributed by atoms with Gasteiger partial charge in [-0.05, 0) is 37.8 Å². The molecule has 110 valence electrons. The summed E-state index contributed by atoms with van der Waals surface area (Å²) in [6.07, 6.45) is 4.09. The smallest absolute Gasteiger partial charge is 0.249 e. The number of amides is 1. The Morgan fingerprint density at radius 3 is 3.15 bits per heavy atom. The lowest BCUT2D eigenvalue weighted by Crippen LogP contribution is -2.35. The van der Waals surface area contributed by atoms with E-state index in [9.17, 15) is 4.79 Å². The van der Waals surface area contributed by atoms with E-state index in [1.54, 1.807) is 6.20 Å². The van der Waals surface area contributed by atoms with E-state index in [0.717, 1.165) is 24.8 Å². The number of carbonyl (C=O) groups is 1. The minimum absolute atomic E-state index is 0.00399. The third-order valence-corrected chi connectivity index (χ3v) is 3.38. The standard InChI is InChI=1S/C14H22N4O2/c1-10-5-8-17-13(12(10)15)16-6-3-7-18-14(19)11-4-2-9-20-11/h5,8,11H,2-4,6-7,9,15H2,1H3,(H,16,17)(H,18,19). The van der Waals surface area contributed by atoms with Crippen molar-refractivity contribution in [1.82, 2.24) is 10.3 Å². The van der Waals surface area contributed by atoms with Gasteiger partial charge in [0.2, 0.25) is 5.91 Å². The van der Waals surface area contributed by atoms with Crippen LogP contribution in [0.3, 0.4) is 0 Å². The average Bonchev–Trinajstić information content (AvgIpc) is 2.97. The zero-order valence-electron chi connectivity index (χ0n) is 11.8. The predicted molar refractivity (Wildman–Crippen MR) is 78.5 cm³/mol. The number of rotatable bonds is 6. The van der Waals surface area contributed by atoms with Gasteiger partial charge in [-0.2, -0.15) is 0 Å². The molecule has 0 spiro atoms. The molecule has 1 aliphatic rings. The van der Waals surface area contributed by atoms with E-state index in [0.29, 0.717) is 31.2 Å². The zero-order chi connectivity index (χ0) is 14.4. The number of ether oxygens (including phenoxy) is 1. The SMILES string of the molecule is Cc1ccnc(NCCCNC(=O)C2CCCO2)c1N. The number of anilines is 2. The number of aryl methyl sites for hydroxylation is 1. The molecular formula is C14H22N4O2. The summed E-state index contributed by atoms with van der Waals surface area (Å²) in [6.45, 7) is 3.98. The summed E-state index contributed by atoms with van der Waals surface area (Å²) >= 11 is 0. The van der Waals surface area contributed by atoms with E-state index in [4.69, 9.17) is 10.5 Å². The quantitative estimate of drug-likeness (QED) is 0.677. The molecule has 2 rings (SSSR count). The summed E-state index contributed by atoms with van der Waals surface area (Å²) in [5.74, 6) is 0.700. The van der Waals surface area contributed by atoms with Crippen LogP contribution >= 0.6 is 0 Å². The largest absolute Gasteiger partial charge is 0.396 e. The molecule has 0 aromatic carbocycles. The van der Waals surface area contributed by atoms with E-state index in [1.807, 2.05) is 13.0 Å². The van der Waals surface area contributed by atoms with Crippen molar-refractivity contribution in [2.75, 3.05) is 30.7 Å². The van der Waals surface area contributed by atoms with Crippen molar-refractivity contribution in [3.8, 4) is 0 Å². The van der Waals surface area contributed by atoms with Crippen molar-refractivity contribution in [2.45, 2.75) is 32.3 Å². The van der Waals surface area contributed by atoms with Crippen LogP contribution < -0.4 is 16.4 Å². The molecule has 1 atom stereocenters. The summed E-state index contributed by atoms with van der Waals surface area (Å²) < 4.78 is 5.32. The molecular weight excluding hydrogens is 256 g/mol. The minimum atomic E-state index is -0.253. The summed E-state index contributed by atoms with van der Waals surface area (Å²) in [5.41, 5.74) is 7.60.